The largest absolute Gasteiger partial charge is 0.380 e. The molecule has 30 heavy (non-hydrogen) atoms. The Labute approximate surface area is 173 Å². The average Bonchev–Trinajstić information content (AvgIpc) is 3.35. The van der Waals surface area contributed by atoms with Crippen molar-refractivity contribution >= 4 is 11.7 Å². The van der Waals surface area contributed by atoms with E-state index in [-0.39, 0.29) is 36.5 Å². The number of halogens is 1. The number of carbonyl (C=O) groups is 1. The van der Waals surface area contributed by atoms with E-state index in [4.69, 9.17) is 15.2 Å². The van der Waals surface area contributed by atoms with Crippen molar-refractivity contribution in [2.45, 2.75) is 57.6 Å². The number of amides is 1. The van der Waals surface area contributed by atoms with Gasteiger partial charge in [-0.25, -0.2) is 9.37 Å². The number of anilines is 1. The SMILES string of the molecule is CCC1Cn2cc(-c3nc(NC4CCOCC4N)c(F)c4c3C(=O)NC4)cc2CO1. The molecule has 1 amide bonds. The van der Waals surface area contributed by atoms with E-state index < -0.39 is 5.82 Å². The number of aromatic nitrogens is 2. The fourth-order valence-corrected chi connectivity index (χ4v) is 4.40. The molecule has 9 heteroatoms. The van der Waals surface area contributed by atoms with Gasteiger partial charge in [0.05, 0.1) is 30.6 Å². The van der Waals surface area contributed by atoms with Crippen molar-refractivity contribution in [2.75, 3.05) is 18.5 Å². The number of fused-ring (bicyclic) bond motifs is 2. The average molecular weight is 415 g/mol. The van der Waals surface area contributed by atoms with Gasteiger partial charge in [0, 0.05) is 54.8 Å². The molecule has 4 N–H and O–H groups in total. The number of rotatable bonds is 4. The molecule has 0 bridgehead atoms. The van der Waals surface area contributed by atoms with Gasteiger partial charge in [-0.2, -0.15) is 0 Å². The van der Waals surface area contributed by atoms with E-state index in [0.717, 1.165) is 24.2 Å². The van der Waals surface area contributed by atoms with Crippen LogP contribution in [0.5, 0.6) is 0 Å². The Kier molecular flexibility index (Phi) is 4.96. The van der Waals surface area contributed by atoms with Gasteiger partial charge >= 0.3 is 0 Å². The Bertz CT molecular complexity index is 992. The highest BCUT2D eigenvalue weighted by Gasteiger charge is 2.33. The molecule has 2 aromatic heterocycles. The Balaban J connectivity index is 1.56. The quantitative estimate of drug-likeness (QED) is 0.703. The van der Waals surface area contributed by atoms with Crippen molar-refractivity contribution in [1.82, 2.24) is 14.9 Å². The van der Waals surface area contributed by atoms with Gasteiger partial charge in [0.2, 0.25) is 0 Å². The number of nitrogens with two attached hydrogens (primary N) is 1. The number of hydrogen-bond donors (Lipinski definition) is 3. The topological polar surface area (TPSA) is 103 Å². The van der Waals surface area contributed by atoms with E-state index in [9.17, 15) is 4.79 Å². The first-order valence-corrected chi connectivity index (χ1v) is 10.5. The molecular weight excluding hydrogens is 389 g/mol. The number of carbonyl (C=O) groups excluding carboxylic acids is 1. The van der Waals surface area contributed by atoms with Gasteiger partial charge < -0.3 is 30.4 Å². The van der Waals surface area contributed by atoms with E-state index in [1.54, 1.807) is 0 Å². The summed E-state index contributed by atoms with van der Waals surface area (Å²) in [6.45, 7) is 4.49. The summed E-state index contributed by atoms with van der Waals surface area (Å²) in [6.07, 6.45) is 3.75. The molecule has 3 aliphatic heterocycles. The number of hydrogen-bond acceptors (Lipinski definition) is 6. The standard InChI is InChI=1S/C21H26FN5O3/c1-2-13-8-27-7-11(5-12(27)9-30-13)19-17-14(6-24-21(17)28)18(22)20(26-19)25-16-3-4-29-10-15(16)23/h5,7,13,15-16H,2-4,6,8-10,23H2,1H3,(H,24,28)(H,25,26). The molecule has 1 fully saturated rings. The fourth-order valence-electron chi connectivity index (χ4n) is 4.40. The van der Waals surface area contributed by atoms with Crippen LogP contribution in [0, 0.1) is 5.82 Å². The summed E-state index contributed by atoms with van der Waals surface area (Å²) in [5, 5.41) is 5.90. The lowest BCUT2D eigenvalue weighted by atomic mass is 10.0. The predicted octanol–water partition coefficient (Wildman–Crippen LogP) is 1.77. The zero-order chi connectivity index (χ0) is 20.8. The van der Waals surface area contributed by atoms with Crippen LogP contribution in [0.15, 0.2) is 12.3 Å². The zero-order valence-corrected chi connectivity index (χ0v) is 16.9. The van der Waals surface area contributed by atoms with Crippen molar-refractivity contribution in [3.63, 3.8) is 0 Å². The van der Waals surface area contributed by atoms with Gasteiger partial charge in [-0.15, -0.1) is 0 Å². The maximum Gasteiger partial charge on any atom is 0.254 e. The van der Waals surface area contributed by atoms with Crippen LogP contribution in [0.25, 0.3) is 11.3 Å². The highest BCUT2D eigenvalue weighted by molar-refractivity contribution is 6.04. The van der Waals surface area contributed by atoms with E-state index >= 15 is 4.39 Å². The predicted molar refractivity (Wildman–Crippen MR) is 108 cm³/mol. The van der Waals surface area contributed by atoms with Gasteiger partial charge in [0.25, 0.3) is 5.91 Å². The third-order valence-corrected chi connectivity index (χ3v) is 6.19. The van der Waals surface area contributed by atoms with Crippen molar-refractivity contribution in [3.05, 3.63) is 34.9 Å². The monoisotopic (exact) mass is 415 g/mol. The summed E-state index contributed by atoms with van der Waals surface area (Å²) >= 11 is 0. The van der Waals surface area contributed by atoms with Gasteiger partial charge in [0.15, 0.2) is 11.6 Å². The Morgan fingerprint density at radius 1 is 1.47 bits per heavy atom. The number of nitrogens with zero attached hydrogens (tertiary/aromatic N) is 2. The lowest BCUT2D eigenvalue weighted by Gasteiger charge is -2.30. The minimum atomic E-state index is -0.496. The second kappa shape index (κ2) is 7.64. The number of nitrogens with one attached hydrogen (secondary N) is 2. The fraction of sp³-hybridized carbons (Fsp3) is 0.524. The van der Waals surface area contributed by atoms with Crippen LogP contribution < -0.4 is 16.4 Å². The van der Waals surface area contributed by atoms with Crippen LogP contribution in [0.1, 0.15) is 41.4 Å². The highest BCUT2D eigenvalue weighted by atomic mass is 19.1. The Hall–Kier alpha value is -2.49. The zero-order valence-electron chi connectivity index (χ0n) is 16.9. The lowest BCUT2D eigenvalue weighted by molar-refractivity contribution is 0.00269. The molecule has 3 unspecified atom stereocenters. The van der Waals surface area contributed by atoms with Crippen LogP contribution in [-0.2, 0) is 29.2 Å². The van der Waals surface area contributed by atoms with Crippen LogP contribution in [-0.4, -0.2) is 46.9 Å². The van der Waals surface area contributed by atoms with Crippen LogP contribution in [0.3, 0.4) is 0 Å². The summed E-state index contributed by atoms with van der Waals surface area (Å²) in [4.78, 5) is 17.1. The maximum atomic E-state index is 15.2. The van der Waals surface area contributed by atoms with E-state index in [0.29, 0.717) is 43.1 Å². The van der Waals surface area contributed by atoms with E-state index in [1.165, 1.54) is 0 Å². The van der Waals surface area contributed by atoms with Crippen LogP contribution in [0.2, 0.25) is 0 Å². The normalized spacial score (nSPS) is 25.6. The molecule has 1 saturated heterocycles. The minimum Gasteiger partial charge on any atom is -0.380 e. The van der Waals surface area contributed by atoms with E-state index in [2.05, 4.69) is 27.1 Å². The van der Waals surface area contributed by atoms with Crippen LogP contribution in [0.4, 0.5) is 10.2 Å². The molecule has 160 valence electrons. The summed E-state index contributed by atoms with van der Waals surface area (Å²) in [5.41, 5.74) is 9.09. The van der Waals surface area contributed by atoms with Crippen molar-refractivity contribution in [3.8, 4) is 11.3 Å². The minimum absolute atomic E-state index is 0.134. The molecule has 0 radical (unpaired) electrons. The Morgan fingerprint density at radius 3 is 3.13 bits per heavy atom. The van der Waals surface area contributed by atoms with Crippen LogP contribution >= 0.6 is 0 Å². The summed E-state index contributed by atoms with van der Waals surface area (Å²) < 4.78 is 28.6. The molecule has 8 nitrogen and oxygen atoms in total. The first-order chi connectivity index (χ1) is 14.5. The van der Waals surface area contributed by atoms with Gasteiger partial charge in [-0.05, 0) is 18.9 Å². The highest BCUT2D eigenvalue weighted by Crippen LogP contribution is 2.35. The maximum absolute atomic E-state index is 15.2. The third-order valence-electron chi connectivity index (χ3n) is 6.19. The van der Waals surface area contributed by atoms with Crippen molar-refractivity contribution < 1.29 is 18.7 Å². The molecule has 0 spiro atoms. The van der Waals surface area contributed by atoms with Gasteiger partial charge in [0.1, 0.15) is 0 Å². The number of pyridine rings is 1. The third kappa shape index (κ3) is 3.27. The first-order valence-electron chi connectivity index (χ1n) is 10.5. The molecule has 0 aromatic carbocycles. The first kappa shape index (κ1) is 19.5. The molecule has 0 aliphatic carbocycles. The van der Waals surface area contributed by atoms with Crippen molar-refractivity contribution in [2.24, 2.45) is 5.73 Å². The number of ether oxygens (including phenoxy) is 2. The molecule has 5 rings (SSSR count). The van der Waals surface area contributed by atoms with E-state index in [1.807, 2.05) is 12.3 Å². The lowest BCUT2D eigenvalue weighted by Crippen LogP contribution is -2.48. The summed E-state index contributed by atoms with van der Waals surface area (Å²) in [5.74, 6) is -0.661. The van der Waals surface area contributed by atoms with Crippen molar-refractivity contribution in [1.29, 1.82) is 0 Å². The van der Waals surface area contributed by atoms with Gasteiger partial charge in [-0.3, -0.25) is 4.79 Å². The smallest absolute Gasteiger partial charge is 0.254 e. The molecular formula is C21H26FN5O3. The van der Waals surface area contributed by atoms with Gasteiger partial charge in [-0.1, -0.05) is 6.92 Å². The summed E-state index contributed by atoms with van der Waals surface area (Å²) in [6, 6.07) is 1.58. The molecule has 2 aromatic rings. The molecule has 3 atom stereocenters. The molecule has 5 heterocycles. The molecule has 3 aliphatic rings. The molecule has 0 saturated carbocycles. The summed E-state index contributed by atoms with van der Waals surface area (Å²) in [7, 11) is 0. The second-order valence-electron chi connectivity index (χ2n) is 8.15. The second-order valence-corrected chi connectivity index (χ2v) is 8.15. The Morgan fingerprint density at radius 2 is 2.33 bits per heavy atom.